The van der Waals surface area contributed by atoms with Crippen LogP contribution in [0.3, 0.4) is 0 Å². The maximum atomic E-state index is 12.6. The highest BCUT2D eigenvalue weighted by molar-refractivity contribution is 5.99. The van der Waals surface area contributed by atoms with Crippen LogP contribution in [0.15, 0.2) is 24.3 Å². The number of esters is 2. The van der Waals surface area contributed by atoms with Crippen LogP contribution in [0.1, 0.15) is 35.2 Å². The van der Waals surface area contributed by atoms with Crippen LogP contribution in [0.2, 0.25) is 0 Å². The van der Waals surface area contributed by atoms with E-state index in [1.165, 1.54) is 0 Å². The lowest BCUT2D eigenvalue weighted by Crippen LogP contribution is -2.56. The number of piperazine rings is 1. The van der Waals surface area contributed by atoms with Crippen molar-refractivity contribution in [2.75, 3.05) is 39.3 Å². The van der Waals surface area contributed by atoms with Gasteiger partial charge in [-0.1, -0.05) is 24.3 Å². The number of Topliss-reactive ketones (excluding diaryl/α,β-unsaturated/α-hetero) is 1. The summed E-state index contributed by atoms with van der Waals surface area (Å²) in [6.07, 6.45) is -3.57. The molecule has 2 aliphatic rings. The molecule has 2 fully saturated rings. The molecule has 1 aromatic rings. The first-order valence-corrected chi connectivity index (χ1v) is 10.8. The SMILES string of the molecule is O=C(CCc1ccc(C(=O)CN2CCN(C3CCNCC3)CC2=O)cc1)OC(=O)C(F)(F)F. The third-order valence-electron chi connectivity index (χ3n) is 5.84. The number of hydrogen-bond donors (Lipinski definition) is 1. The van der Waals surface area contributed by atoms with Crippen molar-refractivity contribution in [3.8, 4) is 0 Å². The number of carbonyl (C=O) groups is 4. The molecule has 0 spiro atoms. The van der Waals surface area contributed by atoms with Crippen molar-refractivity contribution >= 4 is 23.6 Å². The lowest BCUT2D eigenvalue weighted by molar-refractivity contribution is -0.201. The number of ketones is 1. The second-order valence-electron chi connectivity index (χ2n) is 8.15. The summed E-state index contributed by atoms with van der Waals surface area (Å²) in [6, 6.07) is 6.62. The zero-order valence-electron chi connectivity index (χ0n) is 18.0. The molecular weight excluding hydrogens is 443 g/mol. The minimum absolute atomic E-state index is 0.0237. The number of piperidine rings is 1. The first-order chi connectivity index (χ1) is 15.6. The number of ether oxygens (including phenoxy) is 1. The Kier molecular flexibility index (Phi) is 8.20. The number of rotatable bonds is 7. The zero-order chi connectivity index (χ0) is 24.0. The maximum absolute atomic E-state index is 12.6. The molecule has 0 aromatic heterocycles. The van der Waals surface area contributed by atoms with Crippen LogP contribution in [0.5, 0.6) is 0 Å². The molecule has 180 valence electrons. The molecule has 0 radical (unpaired) electrons. The van der Waals surface area contributed by atoms with Crippen molar-refractivity contribution in [3.05, 3.63) is 35.4 Å². The Morgan fingerprint density at radius 1 is 1.06 bits per heavy atom. The van der Waals surface area contributed by atoms with Crippen LogP contribution < -0.4 is 5.32 Å². The molecule has 2 heterocycles. The molecule has 2 aliphatic heterocycles. The van der Waals surface area contributed by atoms with Gasteiger partial charge in [-0.2, -0.15) is 13.2 Å². The number of nitrogens with one attached hydrogen (secondary N) is 1. The summed E-state index contributed by atoms with van der Waals surface area (Å²) in [4.78, 5) is 50.9. The summed E-state index contributed by atoms with van der Waals surface area (Å²) in [5.74, 6) is -4.11. The van der Waals surface area contributed by atoms with E-state index in [0.717, 1.165) is 32.5 Å². The number of halogens is 3. The minimum atomic E-state index is -5.22. The van der Waals surface area contributed by atoms with E-state index in [9.17, 15) is 32.3 Å². The summed E-state index contributed by atoms with van der Waals surface area (Å²) in [5.41, 5.74) is 0.983. The van der Waals surface area contributed by atoms with Gasteiger partial charge in [-0.3, -0.25) is 19.3 Å². The minimum Gasteiger partial charge on any atom is -0.386 e. The number of carbonyl (C=O) groups excluding carboxylic acids is 4. The zero-order valence-corrected chi connectivity index (χ0v) is 18.0. The first-order valence-electron chi connectivity index (χ1n) is 10.8. The Bertz CT molecular complexity index is 882. The quantitative estimate of drug-likeness (QED) is 0.366. The summed E-state index contributed by atoms with van der Waals surface area (Å²) in [5, 5.41) is 3.30. The van der Waals surface area contributed by atoms with E-state index in [0.29, 0.717) is 30.3 Å². The van der Waals surface area contributed by atoms with E-state index in [1.807, 2.05) is 0 Å². The average molecular weight is 469 g/mol. The maximum Gasteiger partial charge on any atom is 0.491 e. The van der Waals surface area contributed by atoms with Crippen molar-refractivity contribution in [3.63, 3.8) is 0 Å². The van der Waals surface area contributed by atoms with Gasteiger partial charge in [-0.15, -0.1) is 0 Å². The second-order valence-corrected chi connectivity index (χ2v) is 8.15. The van der Waals surface area contributed by atoms with Gasteiger partial charge in [0.05, 0.1) is 19.5 Å². The smallest absolute Gasteiger partial charge is 0.386 e. The van der Waals surface area contributed by atoms with E-state index in [-0.39, 0.29) is 24.7 Å². The van der Waals surface area contributed by atoms with E-state index < -0.39 is 24.5 Å². The molecule has 0 aliphatic carbocycles. The van der Waals surface area contributed by atoms with Gasteiger partial charge in [0, 0.05) is 24.7 Å². The largest absolute Gasteiger partial charge is 0.491 e. The Morgan fingerprint density at radius 3 is 2.33 bits per heavy atom. The van der Waals surface area contributed by atoms with Crippen LogP contribution in [0, 0.1) is 0 Å². The predicted molar refractivity (Wildman–Crippen MR) is 110 cm³/mol. The molecule has 33 heavy (non-hydrogen) atoms. The van der Waals surface area contributed by atoms with Gasteiger partial charge in [0.25, 0.3) is 0 Å². The lowest BCUT2D eigenvalue weighted by Gasteiger charge is -2.40. The van der Waals surface area contributed by atoms with Crippen molar-refractivity contribution in [2.24, 2.45) is 0 Å². The van der Waals surface area contributed by atoms with E-state index in [2.05, 4.69) is 15.0 Å². The predicted octanol–water partition coefficient (Wildman–Crippen LogP) is 1.33. The summed E-state index contributed by atoms with van der Waals surface area (Å²) in [7, 11) is 0. The fourth-order valence-electron chi connectivity index (χ4n) is 3.96. The Balaban J connectivity index is 1.45. The number of aryl methyl sites for hydroxylation is 1. The van der Waals surface area contributed by atoms with Gasteiger partial charge >= 0.3 is 18.1 Å². The van der Waals surface area contributed by atoms with E-state index >= 15 is 0 Å². The highest BCUT2D eigenvalue weighted by Crippen LogP contribution is 2.18. The highest BCUT2D eigenvalue weighted by Gasteiger charge is 2.42. The molecule has 1 amide bonds. The topological polar surface area (TPSA) is 96.0 Å². The average Bonchev–Trinajstić information content (AvgIpc) is 2.79. The van der Waals surface area contributed by atoms with Gasteiger partial charge in [0.2, 0.25) is 5.91 Å². The lowest BCUT2D eigenvalue weighted by atomic mass is 10.0. The molecule has 1 aromatic carbocycles. The van der Waals surface area contributed by atoms with Crippen LogP contribution in [-0.4, -0.2) is 84.9 Å². The molecule has 3 rings (SSSR count). The number of hydrogen-bond acceptors (Lipinski definition) is 7. The van der Waals surface area contributed by atoms with Gasteiger partial charge in [-0.05, 0) is 37.9 Å². The standard InChI is InChI=1S/C22H26F3N3O5/c23-22(24,25)21(32)33-20(31)6-3-15-1-4-16(5-2-15)18(29)13-28-12-11-27(14-19(28)30)17-7-9-26-10-8-17/h1-2,4-5,17,26H,3,6-14H2. The second kappa shape index (κ2) is 10.9. The summed E-state index contributed by atoms with van der Waals surface area (Å²) >= 11 is 0. The van der Waals surface area contributed by atoms with Crippen LogP contribution in [0.4, 0.5) is 13.2 Å². The molecule has 0 bridgehead atoms. The fraction of sp³-hybridized carbons (Fsp3) is 0.545. The first kappa shape index (κ1) is 24.8. The molecule has 8 nitrogen and oxygen atoms in total. The number of alkyl halides is 3. The van der Waals surface area contributed by atoms with Crippen LogP contribution in [-0.2, 0) is 25.5 Å². The number of benzene rings is 1. The van der Waals surface area contributed by atoms with Crippen LogP contribution in [0.25, 0.3) is 0 Å². The summed E-state index contributed by atoms with van der Waals surface area (Å²) in [6.45, 7) is 3.40. The van der Waals surface area contributed by atoms with Crippen molar-refractivity contribution in [1.29, 1.82) is 0 Å². The van der Waals surface area contributed by atoms with Crippen molar-refractivity contribution in [1.82, 2.24) is 15.1 Å². The van der Waals surface area contributed by atoms with Gasteiger partial charge < -0.3 is 15.0 Å². The van der Waals surface area contributed by atoms with Gasteiger partial charge in [0.1, 0.15) is 0 Å². The molecular formula is C22H26F3N3O5. The number of nitrogens with zero attached hydrogens (tertiary/aromatic N) is 2. The third-order valence-corrected chi connectivity index (χ3v) is 5.84. The fourth-order valence-corrected chi connectivity index (χ4v) is 3.96. The van der Waals surface area contributed by atoms with Gasteiger partial charge in [0.15, 0.2) is 5.78 Å². The molecule has 2 saturated heterocycles. The van der Waals surface area contributed by atoms with Crippen LogP contribution >= 0.6 is 0 Å². The van der Waals surface area contributed by atoms with E-state index in [4.69, 9.17) is 0 Å². The molecule has 0 unspecified atom stereocenters. The molecule has 0 atom stereocenters. The normalized spacial score (nSPS) is 18.3. The summed E-state index contributed by atoms with van der Waals surface area (Å²) < 4.78 is 40.0. The van der Waals surface area contributed by atoms with Gasteiger partial charge in [-0.25, -0.2) is 4.79 Å². The Morgan fingerprint density at radius 2 is 1.73 bits per heavy atom. The van der Waals surface area contributed by atoms with Crippen molar-refractivity contribution < 1.29 is 37.1 Å². The monoisotopic (exact) mass is 469 g/mol. The molecule has 1 N–H and O–H groups in total. The third kappa shape index (κ3) is 7.10. The molecule has 11 heteroatoms. The van der Waals surface area contributed by atoms with Crippen molar-refractivity contribution in [2.45, 2.75) is 37.9 Å². The van der Waals surface area contributed by atoms with E-state index in [1.54, 1.807) is 29.2 Å². The Labute approximate surface area is 189 Å². The number of amides is 1. The highest BCUT2D eigenvalue weighted by atomic mass is 19.4. The molecule has 0 saturated carbocycles. The Hall–Kier alpha value is -2.79.